The van der Waals surface area contributed by atoms with Gasteiger partial charge in [0.15, 0.2) is 0 Å². The molecule has 2 nitrogen and oxygen atoms in total. The summed E-state index contributed by atoms with van der Waals surface area (Å²) in [6, 6.07) is 14.5. The molecule has 0 aliphatic heterocycles. The number of carbonyl (C=O) groups excluding carboxylic acids is 1. The van der Waals surface area contributed by atoms with E-state index >= 15 is 0 Å². The Morgan fingerprint density at radius 2 is 1.82 bits per heavy atom. The zero-order valence-corrected chi connectivity index (χ0v) is 10.9. The number of aryl methyl sites for hydroxylation is 1. The van der Waals surface area contributed by atoms with Crippen LogP contribution in [0.3, 0.4) is 0 Å². The quantitative estimate of drug-likeness (QED) is 0.618. The molecule has 0 aliphatic carbocycles. The van der Waals surface area contributed by atoms with Crippen LogP contribution < -0.4 is 4.74 Å². The number of halogens is 1. The highest BCUT2D eigenvalue weighted by Gasteiger charge is 2.07. The Hall–Kier alpha value is -1.61. The fourth-order valence-electron chi connectivity index (χ4n) is 1.43. The Balaban J connectivity index is 2.14. The van der Waals surface area contributed by atoms with Crippen molar-refractivity contribution in [2.45, 2.75) is 6.92 Å². The van der Waals surface area contributed by atoms with E-state index in [1.165, 1.54) is 0 Å². The number of esters is 1. The van der Waals surface area contributed by atoms with Gasteiger partial charge >= 0.3 is 5.97 Å². The molecule has 17 heavy (non-hydrogen) atoms. The third kappa shape index (κ3) is 3.17. The summed E-state index contributed by atoms with van der Waals surface area (Å²) < 4.78 is 6.20. The van der Waals surface area contributed by atoms with Crippen LogP contribution in [0.1, 0.15) is 15.9 Å². The SMILES string of the molecule is Cc1cccc(OC(=O)c2ccc(Br)cc2)c1. The molecule has 0 heterocycles. The van der Waals surface area contributed by atoms with Gasteiger partial charge < -0.3 is 4.74 Å². The first-order valence-corrected chi connectivity index (χ1v) is 5.99. The second-order valence-corrected chi connectivity index (χ2v) is 4.63. The molecule has 0 saturated heterocycles. The smallest absolute Gasteiger partial charge is 0.343 e. The molecule has 0 spiro atoms. The minimum atomic E-state index is -0.344. The second kappa shape index (κ2) is 5.15. The fourth-order valence-corrected chi connectivity index (χ4v) is 1.70. The lowest BCUT2D eigenvalue weighted by molar-refractivity contribution is 0.0734. The minimum absolute atomic E-state index is 0.344. The topological polar surface area (TPSA) is 26.3 Å². The lowest BCUT2D eigenvalue weighted by atomic mass is 10.2. The first-order valence-electron chi connectivity index (χ1n) is 5.19. The fraction of sp³-hybridized carbons (Fsp3) is 0.0714. The first-order chi connectivity index (χ1) is 8.15. The van der Waals surface area contributed by atoms with Gasteiger partial charge in [-0.05, 0) is 48.9 Å². The summed E-state index contributed by atoms with van der Waals surface area (Å²) >= 11 is 3.32. The third-order valence-electron chi connectivity index (χ3n) is 2.28. The maximum Gasteiger partial charge on any atom is 0.343 e. The van der Waals surface area contributed by atoms with Crippen LogP contribution >= 0.6 is 15.9 Å². The second-order valence-electron chi connectivity index (χ2n) is 3.71. The number of rotatable bonds is 2. The van der Waals surface area contributed by atoms with Crippen LogP contribution in [0.5, 0.6) is 5.75 Å². The Kier molecular flexibility index (Phi) is 3.59. The molecule has 0 fully saturated rings. The van der Waals surface area contributed by atoms with Gasteiger partial charge in [-0.2, -0.15) is 0 Å². The maximum absolute atomic E-state index is 11.8. The van der Waals surface area contributed by atoms with E-state index in [0.717, 1.165) is 10.0 Å². The number of hydrogen-bond donors (Lipinski definition) is 0. The number of carbonyl (C=O) groups is 1. The summed E-state index contributed by atoms with van der Waals surface area (Å²) in [6.45, 7) is 1.96. The van der Waals surface area contributed by atoms with Crippen molar-refractivity contribution < 1.29 is 9.53 Å². The molecule has 86 valence electrons. The third-order valence-corrected chi connectivity index (χ3v) is 2.81. The van der Waals surface area contributed by atoms with Gasteiger partial charge in [0.05, 0.1) is 5.56 Å². The average molecular weight is 291 g/mol. The van der Waals surface area contributed by atoms with Crippen LogP contribution in [0.25, 0.3) is 0 Å². The van der Waals surface area contributed by atoms with E-state index in [0.29, 0.717) is 11.3 Å². The van der Waals surface area contributed by atoms with Crippen molar-refractivity contribution in [3.05, 3.63) is 64.1 Å². The largest absolute Gasteiger partial charge is 0.423 e. The van der Waals surface area contributed by atoms with Crippen molar-refractivity contribution in [1.82, 2.24) is 0 Å². The predicted octanol–water partition coefficient (Wildman–Crippen LogP) is 3.98. The van der Waals surface area contributed by atoms with Crippen LogP contribution in [0.15, 0.2) is 53.0 Å². The van der Waals surface area contributed by atoms with Gasteiger partial charge in [-0.15, -0.1) is 0 Å². The van der Waals surface area contributed by atoms with Gasteiger partial charge in [0.25, 0.3) is 0 Å². The average Bonchev–Trinajstić information content (AvgIpc) is 2.29. The molecule has 0 bridgehead atoms. The van der Waals surface area contributed by atoms with Gasteiger partial charge in [-0.1, -0.05) is 28.1 Å². The van der Waals surface area contributed by atoms with E-state index in [-0.39, 0.29) is 5.97 Å². The maximum atomic E-state index is 11.8. The molecule has 0 aliphatic rings. The Bertz CT molecular complexity index is 532. The van der Waals surface area contributed by atoms with Crippen LogP contribution in [0, 0.1) is 6.92 Å². The Morgan fingerprint density at radius 1 is 1.12 bits per heavy atom. The van der Waals surface area contributed by atoms with E-state index in [9.17, 15) is 4.79 Å². The summed E-state index contributed by atoms with van der Waals surface area (Å²) in [4.78, 5) is 11.8. The van der Waals surface area contributed by atoms with Crippen molar-refractivity contribution in [3.63, 3.8) is 0 Å². The van der Waals surface area contributed by atoms with Crippen LogP contribution in [0.2, 0.25) is 0 Å². The summed E-state index contributed by atoms with van der Waals surface area (Å²) in [5, 5.41) is 0. The molecule has 2 aromatic carbocycles. The summed E-state index contributed by atoms with van der Waals surface area (Å²) in [5.41, 5.74) is 1.60. The predicted molar refractivity (Wildman–Crippen MR) is 70.3 cm³/mol. The summed E-state index contributed by atoms with van der Waals surface area (Å²) in [5.74, 6) is 0.223. The molecule has 0 atom stereocenters. The van der Waals surface area contributed by atoms with Gasteiger partial charge in [-0.25, -0.2) is 4.79 Å². The van der Waals surface area contributed by atoms with E-state index < -0.39 is 0 Å². The van der Waals surface area contributed by atoms with E-state index in [1.54, 1.807) is 18.2 Å². The van der Waals surface area contributed by atoms with Crippen LogP contribution in [0.4, 0.5) is 0 Å². The number of benzene rings is 2. The van der Waals surface area contributed by atoms with Crippen LogP contribution in [-0.2, 0) is 0 Å². The molecule has 0 unspecified atom stereocenters. The highest BCUT2D eigenvalue weighted by molar-refractivity contribution is 9.10. The Morgan fingerprint density at radius 3 is 2.47 bits per heavy atom. The molecule has 0 N–H and O–H groups in total. The minimum Gasteiger partial charge on any atom is -0.423 e. The zero-order chi connectivity index (χ0) is 12.3. The number of ether oxygens (including phenoxy) is 1. The van der Waals surface area contributed by atoms with E-state index in [2.05, 4.69) is 15.9 Å². The molecule has 0 radical (unpaired) electrons. The monoisotopic (exact) mass is 290 g/mol. The summed E-state index contributed by atoms with van der Waals surface area (Å²) in [6.07, 6.45) is 0. The highest BCUT2D eigenvalue weighted by atomic mass is 79.9. The molecule has 0 amide bonds. The molecule has 0 saturated carbocycles. The zero-order valence-electron chi connectivity index (χ0n) is 9.31. The van der Waals surface area contributed by atoms with Crippen molar-refractivity contribution in [2.75, 3.05) is 0 Å². The van der Waals surface area contributed by atoms with Crippen molar-refractivity contribution in [1.29, 1.82) is 0 Å². The van der Waals surface area contributed by atoms with Gasteiger partial charge in [-0.3, -0.25) is 0 Å². The number of hydrogen-bond acceptors (Lipinski definition) is 2. The van der Waals surface area contributed by atoms with E-state index in [4.69, 9.17) is 4.74 Å². The van der Waals surface area contributed by atoms with Crippen LogP contribution in [-0.4, -0.2) is 5.97 Å². The molecular weight excluding hydrogens is 280 g/mol. The van der Waals surface area contributed by atoms with Crippen molar-refractivity contribution >= 4 is 21.9 Å². The highest BCUT2D eigenvalue weighted by Crippen LogP contribution is 2.16. The Labute approximate surface area is 108 Å². The van der Waals surface area contributed by atoms with Gasteiger partial charge in [0.1, 0.15) is 5.75 Å². The standard InChI is InChI=1S/C14H11BrO2/c1-10-3-2-4-13(9-10)17-14(16)11-5-7-12(15)8-6-11/h2-9H,1H3. The molecule has 0 aromatic heterocycles. The molecule has 3 heteroatoms. The first kappa shape index (κ1) is 11.9. The van der Waals surface area contributed by atoms with Crippen molar-refractivity contribution in [2.24, 2.45) is 0 Å². The lowest BCUT2D eigenvalue weighted by Crippen LogP contribution is -2.08. The van der Waals surface area contributed by atoms with Gasteiger partial charge in [0, 0.05) is 4.47 Å². The van der Waals surface area contributed by atoms with Crippen molar-refractivity contribution in [3.8, 4) is 5.75 Å². The summed E-state index contributed by atoms with van der Waals surface area (Å²) in [7, 11) is 0. The molecule has 2 aromatic rings. The van der Waals surface area contributed by atoms with E-state index in [1.807, 2.05) is 37.3 Å². The molecular formula is C14H11BrO2. The lowest BCUT2D eigenvalue weighted by Gasteiger charge is -2.04. The van der Waals surface area contributed by atoms with Gasteiger partial charge in [0.2, 0.25) is 0 Å². The molecule has 2 rings (SSSR count). The normalized spacial score (nSPS) is 10.0.